The molecule has 0 amide bonds. The minimum atomic E-state index is 0.308. The Hall–Kier alpha value is -1.40. The van der Waals surface area contributed by atoms with Crippen molar-refractivity contribution in [1.29, 1.82) is 0 Å². The lowest BCUT2D eigenvalue weighted by Crippen LogP contribution is -2.31. The topological polar surface area (TPSA) is 63.8 Å². The number of nitrogens with zero attached hydrogens (tertiary/aromatic N) is 3. The van der Waals surface area contributed by atoms with Crippen molar-refractivity contribution in [3.63, 3.8) is 0 Å². The predicted molar refractivity (Wildman–Crippen MR) is 70.4 cm³/mol. The van der Waals surface area contributed by atoms with Crippen LogP contribution in [0.4, 0.5) is 0 Å². The minimum Gasteiger partial charge on any atom is -0.339 e. The van der Waals surface area contributed by atoms with Crippen molar-refractivity contribution in [1.82, 2.24) is 20.4 Å². The average Bonchev–Trinajstić information content (AvgIpc) is 3.08. The Balaban J connectivity index is 1.86. The Bertz CT molecular complexity index is 516. The number of rotatable bonds is 3. The Morgan fingerprint density at radius 1 is 1.33 bits per heavy atom. The number of thioether (sulfide) groups is 1. The van der Waals surface area contributed by atoms with Crippen LogP contribution in [0.1, 0.15) is 11.8 Å². The number of aromatic nitrogens is 3. The van der Waals surface area contributed by atoms with Crippen LogP contribution in [0.2, 0.25) is 0 Å². The summed E-state index contributed by atoms with van der Waals surface area (Å²) in [6.45, 7) is 0. The van der Waals surface area contributed by atoms with Crippen LogP contribution in [0, 0.1) is 0 Å². The molecular weight excluding hydrogens is 248 g/mol. The summed E-state index contributed by atoms with van der Waals surface area (Å²) in [4.78, 5) is 8.48. The zero-order chi connectivity index (χ0) is 12.4. The maximum Gasteiger partial charge on any atom is 0.232 e. The summed E-state index contributed by atoms with van der Waals surface area (Å²) in [6.07, 6.45) is 3.46. The first-order valence-electron chi connectivity index (χ1n) is 5.87. The van der Waals surface area contributed by atoms with Gasteiger partial charge in [0.25, 0.3) is 0 Å². The van der Waals surface area contributed by atoms with Gasteiger partial charge >= 0.3 is 0 Å². The van der Waals surface area contributed by atoms with Crippen LogP contribution in [0.15, 0.2) is 29.0 Å². The van der Waals surface area contributed by atoms with Crippen LogP contribution >= 0.6 is 11.8 Å². The molecule has 0 saturated carbocycles. The monoisotopic (exact) mass is 262 g/mol. The predicted octanol–water partition coefficient (Wildman–Crippen LogP) is 1.55. The van der Waals surface area contributed by atoms with Gasteiger partial charge in [0.1, 0.15) is 0 Å². The van der Waals surface area contributed by atoms with Crippen molar-refractivity contribution < 1.29 is 4.52 Å². The van der Waals surface area contributed by atoms with Crippen LogP contribution in [-0.2, 0) is 0 Å². The van der Waals surface area contributed by atoms with Crippen LogP contribution in [0.25, 0.3) is 11.4 Å². The molecule has 2 aromatic heterocycles. The van der Waals surface area contributed by atoms with Crippen molar-refractivity contribution in [2.75, 3.05) is 18.6 Å². The van der Waals surface area contributed by atoms with E-state index in [-0.39, 0.29) is 0 Å². The van der Waals surface area contributed by atoms with Crippen LogP contribution in [0.3, 0.4) is 0 Å². The van der Waals surface area contributed by atoms with E-state index >= 15 is 0 Å². The molecule has 0 radical (unpaired) electrons. The van der Waals surface area contributed by atoms with Crippen LogP contribution in [0.5, 0.6) is 0 Å². The number of pyridine rings is 1. The molecule has 1 fully saturated rings. The molecule has 2 atom stereocenters. The van der Waals surface area contributed by atoms with E-state index in [0.717, 1.165) is 23.0 Å². The van der Waals surface area contributed by atoms with Gasteiger partial charge in [-0.05, 0) is 19.2 Å². The summed E-state index contributed by atoms with van der Waals surface area (Å²) < 4.78 is 5.40. The van der Waals surface area contributed by atoms with Gasteiger partial charge in [-0.3, -0.25) is 4.98 Å². The molecule has 18 heavy (non-hydrogen) atoms. The molecule has 5 nitrogen and oxygen atoms in total. The van der Waals surface area contributed by atoms with Gasteiger partial charge in [0.2, 0.25) is 11.7 Å². The molecule has 1 aliphatic rings. The Labute approximate surface area is 109 Å². The highest BCUT2D eigenvalue weighted by Crippen LogP contribution is 2.32. The zero-order valence-electron chi connectivity index (χ0n) is 10.0. The molecule has 2 unspecified atom stereocenters. The molecule has 0 spiro atoms. The molecule has 0 bridgehead atoms. The van der Waals surface area contributed by atoms with E-state index in [0.29, 0.717) is 17.8 Å². The molecule has 3 heterocycles. The zero-order valence-corrected chi connectivity index (χ0v) is 10.9. The second-order valence-corrected chi connectivity index (χ2v) is 5.31. The Morgan fingerprint density at radius 3 is 2.94 bits per heavy atom. The first-order valence-corrected chi connectivity index (χ1v) is 7.03. The second kappa shape index (κ2) is 5.07. The van der Waals surface area contributed by atoms with Crippen LogP contribution < -0.4 is 5.32 Å². The normalized spacial score (nSPS) is 23.4. The van der Waals surface area contributed by atoms with Crippen molar-refractivity contribution in [2.45, 2.75) is 12.0 Å². The molecule has 3 rings (SSSR count). The molecule has 0 aromatic carbocycles. The number of hydrogen-bond acceptors (Lipinski definition) is 6. The molecule has 1 N–H and O–H groups in total. The van der Waals surface area contributed by atoms with Gasteiger partial charge < -0.3 is 9.84 Å². The standard InChI is InChI=1S/C12H14N4OS/c1-13-10-7-18-6-9(10)12-15-11(16-17-12)8-2-4-14-5-3-8/h2-5,9-10,13H,6-7H2,1H3. The van der Waals surface area contributed by atoms with Crippen LogP contribution in [-0.4, -0.2) is 39.7 Å². The maximum absolute atomic E-state index is 5.40. The fourth-order valence-corrected chi connectivity index (χ4v) is 3.50. The van der Waals surface area contributed by atoms with Gasteiger partial charge in [0, 0.05) is 35.5 Å². The SMILES string of the molecule is CNC1CSCC1c1nc(-c2ccncc2)no1. The lowest BCUT2D eigenvalue weighted by molar-refractivity contribution is 0.344. The summed E-state index contributed by atoms with van der Waals surface area (Å²) in [6, 6.07) is 4.18. The van der Waals surface area contributed by atoms with E-state index in [4.69, 9.17) is 4.52 Å². The van der Waals surface area contributed by atoms with E-state index in [1.54, 1.807) is 12.4 Å². The highest BCUT2D eigenvalue weighted by molar-refractivity contribution is 7.99. The summed E-state index contributed by atoms with van der Waals surface area (Å²) in [5, 5.41) is 7.35. The van der Waals surface area contributed by atoms with Gasteiger partial charge in [0.05, 0.1) is 5.92 Å². The number of nitrogens with one attached hydrogen (secondary N) is 1. The minimum absolute atomic E-state index is 0.308. The lowest BCUT2D eigenvalue weighted by Gasteiger charge is -2.13. The second-order valence-electron chi connectivity index (χ2n) is 4.23. The fraction of sp³-hybridized carbons (Fsp3) is 0.417. The highest BCUT2D eigenvalue weighted by Gasteiger charge is 2.32. The Morgan fingerprint density at radius 2 is 2.17 bits per heavy atom. The molecule has 1 saturated heterocycles. The van der Waals surface area contributed by atoms with Gasteiger partial charge in [-0.15, -0.1) is 0 Å². The quantitative estimate of drug-likeness (QED) is 0.905. The first-order chi connectivity index (χ1) is 8.88. The summed E-state index contributed by atoms with van der Waals surface area (Å²) in [7, 11) is 1.98. The van der Waals surface area contributed by atoms with Gasteiger partial charge in [-0.1, -0.05) is 5.16 Å². The summed E-state index contributed by atoms with van der Waals surface area (Å²) in [5.41, 5.74) is 0.937. The molecule has 94 valence electrons. The van der Waals surface area contributed by atoms with E-state index in [9.17, 15) is 0 Å². The third kappa shape index (κ3) is 2.13. The lowest BCUT2D eigenvalue weighted by atomic mass is 10.0. The molecule has 2 aromatic rings. The van der Waals surface area contributed by atoms with Gasteiger partial charge in [0.15, 0.2) is 0 Å². The smallest absolute Gasteiger partial charge is 0.232 e. The molecule has 6 heteroatoms. The van der Waals surface area contributed by atoms with E-state index in [1.165, 1.54) is 0 Å². The van der Waals surface area contributed by atoms with E-state index in [1.807, 2.05) is 30.9 Å². The third-order valence-corrected chi connectivity index (χ3v) is 4.34. The average molecular weight is 262 g/mol. The third-order valence-electron chi connectivity index (χ3n) is 3.15. The maximum atomic E-state index is 5.40. The first kappa shape index (κ1) is 11.7. The van der Waals surface area contributed by atoms with Crippen molar-refractivity contribution >= 4 is 11.8 Å². The fourth-order valence-electron chi connectivity index (χ4n) is 2.09. The molecule has 1 aliphatic heterocycles. The largest absolute Gasteiger partial charge is 0.339 e. The molecule has 0 aliphatic carbocycles. The van der Waals surface area contributed by atoms with E-state index in [2.05, 4.69) is 20.4 Å². The summed E-state index contributed by atoms with van der Waals surface area (Å²) >= 11 is 1.91. The van der Waals surface area contributed by atoms with Crippen molar-refractivity contribution in [2.24, 2.45) is 0 Å². The van der Waals surface area contributed by atoms with Crippen molar-refractivity contribution in [3.05, 3.63) is 30.4 Å². The summed E-state index contributed by atoms with van der Waals surface area (Å²) in [5.74, 6) is 3.80. The Kier molecular flexibility index (Phi) is 3.29. The van der Waals surface area contributed by atoms with E-state index < -0.39 is 0 Å². The van der Waals surface area contributed by atoms with Crippen molar-refractivity contribution in [3.8, 4) is 11.4 Å². The number of hydrogen-bond donors (Lipinski definition) is 1. The number of likely N-dealkylation sites (N-methyl/N-ethyl adjacent to an activating group) is 1. The van der Waals surface area contributed by atoms with Gasteiger partial charge in [-0.2, -0.15) is 16.7 Å². The molecular formula is C12H14N4OS. The van der Waals surface area contributed by atoms with Gasteiger partial charge in [-0.25, -0.2) is 0 Å². The highest BCUT2D eigenvalue weighted by atomic mass is 32.2.